The van der Waals surface area contributed by atoms with E-state index in [1.54, 1.807) is 14.0 Å². The van der Waals surface area contributed by atoms with E-state index in [0.29, 0.717) is 17.4 Å². The molecule has 0 unspecified atom stereocenters. The molecule has 2 aromatic rings. The standard InChI is InChI=1S/C21H27N3O4/c1-14-6-5-11-23(13-14)21(26)15(2)24-19(25)12-18(28-4)20(22-24)16-7-9-17(27-3)10-8-16/h7-10,12,14-15H,5-6,11,13H2,1-4H3/t14-,15+/m1/s1. The Kier molecular flexibility index (Phi) is 6.02. The minimum absolute atomic E-state index is 0.0769. The maximum Gasteiger partial charge on any atom is 0.271 e. The summed E-state index contributed by atoms with van der Waals surface area (Å²) in [5.74, 6) is 1.49. The molecule has 1 aromatic heterocycles. The lowest BCUT2D eigenvalue weighted by Gasteiger charge is -2.33. The van der Waals surface area contributed by atoms with Crippen molar-refractivity contribution in [1.82, 2.24) is 14.7 Å². The topological polar surface area (TPSA) is 73.7 Å². The van der Waals surface area contributed by atoms with Crippen molar-refractivity contribution < 1.29 is 14.3 Å². The van der Waals surface area contributed by atoms with Crippen LogP contribution in [-0.2, 0) is 4.79 Å². The third-order valence-electron chi connectivity index (χ3n) is 5.20. The van der Waals surface area contributed by atoms with Crippen LogP contribution in [0.4, 0.5) is 0 Å². The summed E-state index contributed by atoms with van der Waals surface area (Å²) in [6.07, 6.45) is 2.11. The van der Waals surface area contributed by atoms with Gasteiger partial charge in [0.25, 0.3) is 5.56 Å². The molecule has 0 bridgehead atoms. The normalized spacial score (nSPS) is 17.9. The quantitative estimate of drug-likeness (QED) is 0.791. The lowest BCUT2D eigenvalue weighted by Crippen LogP contribution is -2.44. The van der Waals surface area contributed by atoms with Gasteiger partial charge in [0.05, 0.1) is 14.2 Å². The lowest BCUT2D eigenvalue weighted by molar-refractivity contribution is -0.136. The van der Waals surface area contributed by atoms with Gasteiger partial charge in [-0.25, -0.2) is 4.68 Å². The molecule has 1 aliphatic rings. The second-order valence-electron chi connectivity index (χ2n) is 7.28. The third kappa shape index (κ3) is 4.03. The Bertz CT molecular complexity index is 892. The van der Waals surface area contributed by atoms with Crippen molar-refractivity contribution in [3.63, 3.8) is 0 Å². The SMILES string of the molecule is COc1ccc(-c2nn([C@@H](C)C(=O)N3CCC[C@@H](C)C3)c(=O)cc2OC)cc1. The van der Waals surface area contributed by atoms with Gasteiger partial charge in [-0.15, -0.1) is 0 Å². The first kappa shape index (κ1) is 19.9. The van der Waals surface area contributed by atoms with E-state index >= 15 is 0 Å². The van der Waals surface area contributed by atoms with Gasteiger partial charge in [0.15, 0.2) is 5.75 Å². The Hall–Kier alpha value is -2.83. The summed E-state index contributed by atoms with van der Waals surface area (Å²) in [5, 5.41) is 4.49. The van der Waals surface area contributed by atoms with E-state index in [0.717, 1.165) is 37.2 Å². The van der Waals surface area contributed by atoms with Crippen LogP contribution >= 0.6 is 0 Å². The number of aromatic nitrogens is 2. The molecule has 0 spiro atoms. The highest BCUT2D eigenvalue weighted by Gasteiger charge is 2.28. The lowest BCUT2D eigenvalue weighted by atomic mass is 10.00. The molecule has 1 saturated heterocycles. The molecule has 2 atom stereocenters. The van der Waals surface area contributed by atoms with E-state index in [2.05, 4.69) is 12.0 Å². The second-order valence-corrected chi connectivity index (χ2v) is 7.28. The van der Waals surface area contributed by atoms with Crippen molar-refractivity contribution in [2.45, 2.75) is 32.7 Å². The van der Waals surface area contributed by atoms with E-state index in [9.17, 15) is 9.59 Å². The number of piperidine rings is 1. The molecule has 2 heterocycles. The summed E-state index contributed by atoms with van der Waals surface area (Å²) in [5.41, 5.74) is 0.925. The van der Waals surface area contributed by atoms with Crippen LogP contribution in [0, 0.1) is 5.92 Å². The van der Waals surface area contributed by atoms with Crippen molar-refractivity contribution in [3.05, 3.63) is 40.7 Å². The van der Waals surface area contributed by atoms with Crippen LogP contribution in [0.1, 0.15) is 32.7 Å². The van der Waals surface area contributed by atoms with Crippen LogP contribution in [0.2, 0.25) is 0 Å². The maximum absolute atomic E-state index is 13.0. The van der Waals surface area contributed by atoms with Gasteiger partial charge < -0.3 is 14.4 Å². The number of ether oxygens (including phenoxy) is 2. The minimum Gasteiger partial charge on any atom is -0.497 e. The molecule has 0 saturated carbocycles. The molecule has 0 radical (unpaired) electrons. The van der Waals surface area contributed by atoms with Gasteiger partial charge in [0.1, 0.15) is 17.5 Å². The Morgan fingerprint density at radius 1 is 1.21 bits per heavy atom. The number of amides is 1. The molecule has 1 fully saturated rings. The summed E-state index contributed by atoms with van der Waals surface area (Å²) < 4.78 is 11.8. The first-order valence-electron chi connectivity index (χ1n) is 9.55. The highest BCUT2D eigenvalue weighted by molar-refractivity contribution is 5.80. The number of benzene rings is 1. The van der Waals surface area contributed by atoms with Crippen LogP contribution in [0.3, 0.4) is 0 Å². The predicted molar refractivity (Wildman–Crippen MR) is 107 cm³/mol. The van der Waals surface area contributed by atoms with Crippen molar-refractivity contribution in [2.75, 3.05) is 27.3 Å². The molecule has 1 amide bonds. The monoisotopic (exact) mass is 385 g/mol. The van der Waals surface area contributed by atoms with Crippen LogP contribution in [0.25, 0.3) is 11.3 Å². The predicted octanol–water partition coefficient (Wildman–Crippen LogP) is 2.75. The zero-order chi connectivity index (χ0) is 20.3. The van der Waals surface area contributed by atoms with Crippen molar-refractivity contribution in [3.8, 4) is 22.8 Å². The zero-order valence-electron chi connectivity index (χ0n) is 16.8. The van der Waals surface area contributed by atoms with Crippen LogP contribution in [0.5, 0.6) is 11.5 Å². The third-order valence-corrected chi connectivity index (χ3v) is 5.20. The van der Waals surface area contributed by atoms with Crippen molar-refractivity contribution >= 4 is 5.91 Å². The fraction of sp³-hybridized carbons (Fsp3) is 0.476. The summed E-state index contributed by atoms with van der Waals surface area (Å²) in [7, 11) is 3.10. The molecule has 7 nitrogen and oxygen atoms in total. The molecule has 0 aliphatic carbocycles. The fourth-order valence-corrected chi connectivity index (χ4v) is 3.59. The Morgan fingerprint density at radius 2 is 1.93 bits per heavy atom. The average molecular weight is 385 g/mol. The molecular formula is C21H27N3O4. The van der Waals surface area contributed by atoms with Gasteiger partial charge in [0, 0.05) is 24.7 Å². The number of rotatable bonds is 5. The van der Waals surface area contributed by atoms with E-state index in [-0.39, 0.29) is 11.5 Å². The molecule has 1 aromatic carbocycles. The number of carbonyl (C=O) groups is 1. The average Bonchev–Trinajstić information content (AvgIpc) is 2.72. The summed E-state index contributed by atoms with van der Waals surface area (Å²) in [4.78, 5) is 27.4. The van der Waals surface area contributed by atoms with Gasteiger partial charge in [-0.05, 0) is 49.9 Å². The Morgan fingerprint density at radius 3 is 2.54 bits per heavy atom. The van der Waals surface area contributed by atoms with Crippen molar-refractivity contribution in [1.29, 1.82) is 0 Å². The number of hydrogen-bond donors (Lipinski definition) is 0. The van der Waals surface area contributed by atoms with E-state index in [4.69, 9.17) is 9.47 Å². The number of carbonyl (C=O) groups excluding carboxylic acids is 1. The Balaban J connectivity index is 1.96. The molecule has 0 N–H and O–H groups in total. The van der Waals surface area contributed by atoms with Gasteiger partial charge in [-0.1, -0.05) is 6.92 Å². The molecule has 3 rings (SSSR count). The molecule has 1 aliphatic heterocycles. The van der Waals surface area contributed by atoms with Crippen LogP contribution in [-0.4, -0.2) is 47.9 Å². The van der Waals surface area contributed by atoms with E-state index in [1.165, 1.54) is 17.9 Å². The first-order valence-corrected chi connectivity index (χ1v) is 9.55. The summed E-state index contributed by atoms with van der Waals surface area (Å²) in [6, 6.07) is 8.02. The van der Waals surface area contributed by atoms with Gasteiger partial charge >= 0.3 is 0 Å². The fourth-order valence-electron chi connectivity index (χ4n) is 3.59. The highest BCUT2D eigenvalue weighted by Crippen LogP contribution is 2.28. The number of hydrogen-bond acceptors (Lipinski definition) is 5. The molecule has 150 valence electrons. The molecule has 7 heteroatoms. The van der Waals surface area contributed by atoms with Gasteiger partial charge in [-0.3, -0.25) is 9.59 Å². The molecule has 28 heavy (non-hydrogen) atoms. The smallest absolute Gasteiger partial charge is 0.271 e. The number of likely N-dealkylation sites (tertiary alicyclic amines) is 1. The number of methoxy groups -OCH3 is 2. The van der Waals surface area contributed by atoms with Gasteiger partial charge in [0.2, 0.25) is 5.91 Å². The largest absolute Gasteiger partial charge is 0.497 e. The number of nitrogens with zero attached hydrogens (tertiary/aromatic N) is 3. The van der Waals surface area contributed by atoms with E-state index < -0.39 is 6.04 Å². The molecular weight excluding hydrogens is 358 g/mol. The van der Waals surface area contributed by atoms with Crippen LogP contribution in [0.15, 0.2) is 35.1 Å². The van der Waals surface area contributed by atoms with Crippen molar-refractivity contribution in [2.24, 2.45) is 5.92 Å². The second kappa shape index (κ2) is 8.46. The highest BCUT2D eigenvalue weighted by atomic mass is 16.5. The first-order chi connectivity index (χ1) is 13.4. The Labute approximate surface area is 164 Å². The minimum atomic E-state index is -0.680. The van der Waals surface area contributed by atoms with E-state index in [1.807, 2.05) is 29.2 Å². The zero-order valence-corrected chi connectivity index (χ0v) is 16.8. The summed E-state index contributed by atoms with van der Waals surface area (Å²) in [6.45, 7) is 5.31. The van der Waals surface area contributed by atoms with Gasteiger partial charge in [-0.2, -0.15) is 5.10 Å². The van der Waals surface area contributed by atoms with Crippen LogP contribution < -0.4 is 15.0 Å². The maximum atomic E-state index is 13.0. The summed E-state index contributed by atoms with van der Waals surface area (Å²) >= 11 is 0.